The van der Waals surface area contributed by atoms with Gasteiger partial charge >= 0.3 is 0 Å². The van der Waals surface area contributed by atoms with Crippen molar-refractivity contribution >= 4 is 23.2 Å². The van der Waals surface area contributed by atoms with E-state index in [9.17, 15) is 4.79 Å². The summed E-state index contributed by atoms with van der Waals surface area (Å²) in [7, 11) is 0. The molecule has 0 spiro atoms. The van der Waals surface area contributed by atoms with Gasteiger partial charge in [0.15, 0.2) is 0 Å². The Morgan fingerprint density at radius 1 is 1.30 bits per heavy atom. The highest BCUT2D eigenvalue weighted by molar-refractivity contribution is 6.31. The average Bonchev–Trinajstić information content (AvgIpc) is 2.70. The second-order valence-electron chi connectivity index (χ2n) is 4.43. The molecule has 20 heavy (non-hydrogen) atoms. The van der Waals surface area contributed by atoms with Crippen LogP contribution in [0.5, 0.6) is 0 Å². The van der Waals surface area contributed by atoms with Crippen LogP contribution < -0.4 is 5.56 Å². The highest BCUT2D eigenvalue weighted by Gasteiger charge is 2.16. The van der Waals surface area contributed by atoms with E-state index in [1.807, 2.05) is 18.5 Å². The van der Waals surface area contributed by atoms with Crippen LogP contribution >= 0.6 is 23.2 Å². The minimum Gasteiger partial charge on any atom is -0.291 e. The highest BCUT2D eigenvalue weighted by Crippen LogP contribution is 2.22. The van der Waals surface area contributed by atoms with E-state index < -0.39 is 0 Å². The van der Waals surface area contributed by atoms with Crippen LogP contribution in [-0.4, -0.2) is 19.3 Å². The molecule has 0 aromatic carbocycles. The Hall–Kier alpha value is -1.33. The summed E-state index contributed by atoms with van der Waals surface area (Å²) in [6.45, 7) is 6.77. The van der Waals surface area contributed by atoms with Crippen LogP contribution in [0.3, 0.4) is 0 Å². The molecule has 2 aromatic heterocycles. The molecule has 2 aromatic rings. The summed E-state index contributed by atoms with van der Waals surface area (Å²) in [6.07, 6.45) is 0.756. The fraction of sp³-hybridized carbons (Fsp3) is 0.462. The molecule has 0 saturated carbocycles. The maximum absolute atomic E-state index is 12.0. The molecule has 2 rings (SSSR count). The van der Waals surface area contributed by atoms with Crippen molar-refractivity contribution in [2.45, 2.75) is 40.3 Å². The SMILES string of the molecule is CCc1nn(CC)c(Cn2c(C)nc(Cl)cc2=O)c1Cl. The van der Waals surface area contributed by atoms with E-state index in [4.69, 9.17) is 23.2 Å². The summed E-state index contributed by atoms with van der Waals surface area (Å²) >= 11 is 12.1. The van der Waals surface area contributed by atoms with E-state index in [2.05, 4.69) is 10.1 Å². The molecule has 0 unspecified atom stereocenters. The van der Waals surface area contributed by atoms with E-state index >= 15 is 0 Å². The van der Waals surface area contributed by atoms with Gasteiger partial charge in [-0.3, -0.25) is 14.0 Å². The van der Waals surface area contributed by atoms with Crippen molar-refractivity contribution in [3.8, 4) is 0 Å². The zero-order chi connectivity index (χ0) is 14.9. The topological polar surface area (TPSA) is 52.7 Å². The lowest BCUT2D eigenvalue weighted by molar-refractivity contribution is 0.580. The first-order valence-electron chi connectivity index (χ1n) is 6.45. The summed E-state index contributed by atoms with van der Waals surface area (Å²) < 4.78 is 3.36. The van der Waals surface area contributed by atoms with Crippen molar-refractivity contribution in [3.63, 3.8) is 0 Å². The Labute approximate surface area is 127 Å². The number of nitrogens with zero attached hydrogens (tertiary/aromatic N) is 4. The number of aryl methyl sites for hydroxylation is 3. The molecule has 2 heterocycles. The van der Waals surface area contributed by atoms with E-state index in [1.54, 1.807) is 11.5 Å². The number of hydrogen-bond donors (Lipinski definition) is 0. The molecule has 0 saturated heterocycles. The first-order valence-corrected chi connectivity index (χ1v) is 7.21. The molecular formula is C13H16Cl2N4O. The van der Waals surface area contributed by atoms with E-state index in [-0.39, 0.29) is 10.7 Å². The van der Waals surface area contributed by atoms with Crippen LogP contribution in [0.25, 0.3) is 0 Å². The van der Waals surface area contributed by atoms with Crippen LogP contribution in [0.4, 0.5) is 0 Å². The van der Waals surface area contributed by atoms with E-state index in [0.29, 0.717) is 23.9 Å². The third-order valence-electron chi connectivity index (χ3n) is 3.17. The van der Waals surface area contributed by atoms with E-state index in [0.717, 1.165) is 17.8 Å². The molecular weight excluding hydrogens is 299 g/mol. The van der Waals surface area contributed by atoms with Crippen molar-refractivity contribution in [1.29, 1.82) is 0 Å². The van der Waals surface area contributed by atoms with Crippen molar-refractivity contribution in [3.05, 3.63) is 43.8 Å². The minimum absolute atomic E-state index is 0.194. The Balaban J connectivity index is 2.50. The van der Waals surface area contributed by atoms with Crippen LogP contribution in [-0.2, 0) is 19.5 Å². The molecule has 5 nitrogen and oxygen atoms in total. The third kappa shape index (κ3) is 2.74. The number of aromatic nitrogens is 4. The summed E-state index contributed by atoms with van der Waals surface area (Å²) in [5.41, 5.74) is 1.47. The van der Waals surface area contributed by atoms with E-state index in [1.165, 1.54) is 6.07 Å². The van der Waals surface area contributed by atoms with Crippen LogP contribution in [0, 0.1) is 6.92 Å². The largest absolute Gasteiger partial charge is 0.291 e. The Morgan fingerprint density at radius 3 is 2.55 bits per heavy atom. The summed E-state index contributed by atoms with van der Waals surface area (Å²) in [6, 6.07) is 1.30. The van der Waals surface area contributed by atoms with Gasteiger partial charge in [-0.1, -0.05) is 30.1 Å². The van der Waals surface area contributed by atoms with Crippen LogP contribution in [0.1, 0.15) is 31.1 Å². The summed E-state index contributed by atoms with van der Waals surface area (Å²) in [5, 5.41) is 5.27. The second-order valence-corrected chi connectivity index (χ2v) is 5.19. The molecule has 7 heteroatoms. The summed E-state index contributed by atoms with van der Waals surface area (Å²) in [4.78, 5) is 16.1. The molecule has 108 valence electrons. The fourth-order valence-corrected chi connectivity index (χ4v) is 2.64. The Bertz CT molecular complexity index is 690. The standard InChI is InChI=1S/C13H16Cl2N4O/c1-4-9-13(15)10(19(5-2)17-9)7-18-8(3)16-11(14)6-12(18)20/h6H,4-5,7H2,1-3H3. The monoisotopic (exact) mass is 314 g/mol. The van der Waals surface area contributed by atoms with Gasteiger partial charge in [-0.2, -0.15) is 5.10 Å². The molecule has 0 aliphatic heterocycles. The van der Waals surface area contributed by atoms with Crippen molar-refractivity contribution < 1.29 is 0 Å². The van der Waals surface area contributed by atoms with Gasteiger partial charge in [-0.05, 0) is 20.3 Å². The smallest absolute Gasteiger partial charge is 0.255 e. The Morgan fingerprint density at radius 2 is 2.00 bits per heavy atom. The van der Waals surface area contributed by atoms with Gasteiger partial charge < -0.3 is 0 Å². The molecule has 0 amide bonds. The molecule has 0 atom stereocenters. The lowest BCUT2D eigenvalue weighted by Crippen LogP contribution is -2.24. The van der Waals surface area contributed by atoms with Crippen molar-refractivity contribution in [2.24, 2.45) is 0 Å². The molecule has 0 N–H and O–H groups in total. The van der Waals surface area contributed by atoms with Gasteiger partial charge in [0.05, 0.1) is 23.0 Å². The molecule has 0 aliphatic carbocycles. The predicted molar refractivity (Wildman–Crippen MR) is 79.6 cm³/mol. The second kappa shape index (κ2) is 5.97. The minimum atomic E-state index is -0.194. The number of hydrogen-bond acceptors (Lipinski definition) is 3. The van der Waals surface area contributed by atoms with Gasteiger partial charge in [-0.15, -0.1) is 0 Å². The first kappa shape index (κ1) is 15.1. The summed E-state index contributed by atoms with van der Waals surface area (Å²) in [5.74, 6) is 0.556. The predicted octanol–water partition coefficient (Wildman–Crippen LogP) is 2.69. The fourth-order valence-electron chi connectivity index (χ4n) is 2.10. The van der Waals surface area contributed by atoms with Gasteiger partial charge in [-0.25, -0.2) is 4.98 Å². The van der Waals surface area contributed by atoms with Gasteiger partial charge in [0, 0.05) is 12.6 Å². The third-order valence-corrected chi connectivity index (χ3v) is 3.80. The average molecular weight is 315 g/mol. The van der Waals surface area contributed by atoms with Gasteiger partial charge in [0.1, 0.15) is 11.0 Å². The molecule has 0 aliphatic rings. The highest BCUT2D eigenvalue weighted by atomic mass is 35.5. The Kier molecular flexibility index (Phi) is 4.50. The van der Waals surface area contributed by atoms with Crippen molar-refractivity contribution in [2.75, 3.05) is 0 Å². The van der Waals surface area contributed by atoms with Crippen LogP contribution in [0.2, 0.25) is 10.2 Å². The normalized spacial score (nSPS) is 11.1. The van der Waals surface area contributed by atoms with Gasteiger partial charge in [0.2, 0.25) is 0 Å². The first-order chi connectivity index (χ1) is 9.47. The lowest BCUT2D eigenvalue weighted by atomic mass is 10.3. The van der Waals surface area contributed by atoms with Crippen molar-refractivity contribution in [1.82, 2.24) is 19.3 Å². The quantitative estimate of drug-likeness (QED) is 0.815. The molecule has 0 bridgehead atoms. The molecule has 0 radical (unpaired) electrons. The lowest BCUT2D eigenvalue weighted by Gasteiger charge is -2.10. The van der Waals surface area contributed by atoms with Gasteiger partial charge in [0.25, 0.3) is 5.56 Å². The number of rotatable bonds is 4. The maximum atomic E-state index is 12.0. The van der Waals surface area contributed by atoms with Crippen LogP contribution in [0.15, 0.2) is 10.9 Å². The number of halogens is 2. The zero-order valence-corrected chi connectivity index (χ0v) is 13.2. The zero-order valence-electron chi connectivity index (χ0n) is 11.7. The maximum Gasteiger partial charge on any atom is 0.255 e. The molecule has 0 fully saturated rings.